The van der Waals surface area contributed by atoms with Crippen molar-refractivity contribution in [3.05, 3.63) is 28.3 Å². The minimum absolute atomic E-state index is 0.0421. The van der Waals surface area contributed by atoms with Crippen molar-refractivity contribution in [3.8, 4) is 5.75 Å². The van der Waals surface area contributed by atoms with Crippen molar-refractivity contribution in [2.45, 2.75) is 30.2 Å². The van der Waals surface area contributed by atoms with E-state index < -0.39 is 14.9 Å². The SMILES string of the molecule is COc1ccc([N+](=O)[O-])cc1S(=O)(=O)N(CC1CCOC1)C1CC1. The first-order chi connectivity index (χ1) is 11.4. The fourth-order valence-electron chi connectivity index (χ4n) is 2.89. The van der Waals surface area contributed by atoms with E-state index in [0.717, 1.165) is 25.3 Å². The molecule has 1 saturated heterocycles. The number of non-ortho nitro benzene ring substituents is 1. The molecule has 1 saturated carbocycles. The lowest BCUT2D eigenvalue weighted by Gasteiger charge is -2.25. The zero-order chi connectivity index (χ0) is 17.3. The molecule has 0 N–H and O–H groups in total. The van der Waals surface area contributed by atoms with E-state index in [1.54, 1.807) is 0 Å². The van der Waals surface area contributed by atoms with Gasteiger partial charge < -0.3 is 9.47 Å². The third-order valence-electron chi connectivity index (χ3n) is 4.36. The van der Waals surface area contributed by atoms with Crippen molar-refractivity contribution in [3.63, 3.8) is 0 Å². The zero-order valence-electron chi connectivity index (χ0n) is 13.4. The number of nitro benzene ring substituents is 1. The summed E-state index contributed by atoms with van der Waals surface area (Å²) in [5, 5.41) is 11.0. The predicted octanol–water partition coefficient (Wildman–Crippen LogP) is 1.79. The number of nitro groups is 1. The molecule has 9 heteroatoms. The summed E-state index contributed by atoms with van der Waals surface area (Å²) in [6.45, 7) is 1.56. The smallest absolute Gasteiger partial charge is 0.271 e. The maximum absolute atomic E-state index is 13.1. The molecule has 0 amide bonds. The number of ether oxygens (including phenoxy) is 2. The Morgan fingerprint density at radius 1 is 1.38 bits per heavy atom. The van der Waals surface area contributed by atoms with E-state index in [1.165, 1.54) is 23.5 Å². The number of hydrogen-bond acceptors (Lipinski definition) is 6. The molecule has 1 atom stereocenters. The second kappa shape index (κ2) is 6.66. The van der Waals surface area contributed by atoms with Gasteiger partial charge in [-0.1, -0.05) is 0 Å². The Morgan fingerprint density at radius 3 is 2.67 bits per heavy atom. The van der Waals surface area contributed by atoms with Gasteiger partial charge in [0.25, 0.3) is 5.69 Å². The standard InChI is InChI=1S/C15H20N2O6S/c1-22-14-5-4-13(17(18)19)8-15(14)24(20,21)16(12-2-3-12)9-11-6-7-23-10-11/h4-5,8,11-12H,2-3,6-7,9-10H2,1H3. The van der Waals surface area contributed by atoms with Crippen LogP contribution in [0.5, 0.6) is 5.75 Å². The van der Waals surface area contributed by atoms with Crippen molar-refractivity contribution in [1.82, 2.24) is 4.31 Å². The van der Waals surface area contributed by atoms with Crippen LogP contribution in [0, 0.1) is 16.0 Å². The number of nitrogens with zero attached hydrogens (tertiary/aromatic N) is 2. The highest BCUT2D eigenvalue weighted by Crippen LogP contribution is 2.37. The number of hydrogen-bond donors (Lipinski definition) is 0. The third-order valence-corrected chi connectivity index (χ3v) is 6.30. The Morgan fingerprint density at radius 2 is 2.12 bits per heavy atom. The fraction of sp³-hybridized carbons (Fsp3) is 0.600. The van der Waals surface area contributed by atoms with Gasteiger partial charge in [-0.15, -0.1) is 0 Å². The van der Waals surface area contributed by atoms with E-state index in [-0.39, 0.29) is 28.3 Å². The van der Waals surface area contributed by atoms with Gasteiger partial charge in [0.1, 0.15) is 10.6 Å². The zero-order valence-corrected chi connectivity index (χ0v) is 14.2. The molecule has 0 bridgehead atoms. The van der Waals surface area contributed by atoms with E-state index in [1.807, 2.05) is 0 Å². The molecule has 0 aromatic heterocycles. The fourth-order valence-corrected chi connectivity index (χ4v) is 4.83. The molecule has 132 valence electrons. The molecule has 1 aliphatic carbocycles. The molecule has 8 nitrogen and oxygen atoms in total. The predicted molar refractivity (Wildman–Crippen MR) is 85.5 cm³/mol. The number of methoxy groups -OCH3 is 1. The van der Waals surface area contributed by atoms with Crippen LogP contribution in [0.1, 0.15) is 19.3 Å². The van der Waals surface area contributed by atoms with Gasteiger partial charge >= 0.3 is 0 Å². The Labute approximate surface area is 140 Å². The van der Waals surface area contributed by atoms with Gasteiger partial charge in [-0.05, 0) is 31.2 Å². The van der Waals surface area contributed by atoms with Gasteiger partial charge in [0.2, 0.25) is 10.0 Å². The van der Waals surface area contributed by atoms with Crippen LogP contribution in [0.3, 0.4) is 0 Å². The maximum atomic E-state index is 13.1. The van der Waals surface area contributed by atoms with Gasteiger partial charge in [-0.25, -0.2) is 8.42 Å². The number of rotatable bonds is 7. The third kappa shape index (κ3) is 3.38. The van der Waals surface area contributed by atoms with Crippen LogP contribution in [0.25, 0.3) is 0 Å². The van der Waals surface area contributed by atoms with Crippen LogP contribution in [-0.4, -0.2) is 50.6 Å². The molecule has 0 radical (unpaired) electrons. The van der Waals surface area contributed by atoms with Crippen molar-refractivity contribution in [2.24, 2.45) is 5.92 Å². The van der Waals surface area contributed by atoms with Crippen LogP contribution in [0.2, 0.25) is 0 Å². The molecule has 1 unspecified atom stereocenters. The largest absolute Gasteiger partial charge is 0.495 e. The monoisotopic (exact) mass is 356 g/mol. The summed E-state index contributed by atoms with van der Waals surface area (Å²) in [7, 11) is -2.52. The molecular formula is C15H20N2O6S. The highest BCUT2D eigenvalue weighted by atomic mass is 32.2. The topological polar surface area (TPSA) is 99.0 Å². The molecule has 1 aromatic carbocycles. The van der Waals surface area contributed by atoms with Crippen molar-refractivity contribution in [1.29, 1.82) is 0 Å². The summed E-state index contributed by atoms with van der Waals surface area (Å²) in [6.07, 6.45) is 2.44. The summed E-state index contributed by atoms with van der Waals surface area (Å²) in [6, 6.07) is 3.60. The van der Waals surface area contributed by atoms with Gasteiger partial charge in [0.05, 0.1) is 18.6 Å². The summed E-state index contributed by atoms with van der Waals surface area (Å²) in [5.41, 5.74) is -0.269. The number of benzene rings is 1. The molecule has 2 fully saturated rings. The highest BCUT2D eigenvalue weighted by molar-refractivity contribution is 7.89. The first kappa shape index (κ1) is 17.1. The summed E-state index contributed by atoms with van der Waals surface area (Å²) in [4.78, 5) is 10.3. The molecule has 24 heavy (non-hydrogen) atoms. The van der Waals surface area contributed by atoms with Crippen LogP contribution >= 0.6 is 0 Å². The normalized spacial score (nSPS) is 21.2. The lowest BCUT2D eigenvalue weighted by Crippen LogP contribution is -2.37. The molecule has 1 aromatic rings. The average molecular weight is 356 g/mol. The van der Waals surface area contributed by atoms with Crippen molar-refractivity contribution < 1.29 is 22.8 Å². The minimum Gasteiger partial charge on any atom is -0.495 e. The molecule has 1 aliphatic heterocycles. The first-order valence-corrected chi connectivity index (χ1v) is 9.29. The Bertz CT molecular complexity index is 725. The summed E-state index contributed by atoms with van der Waals surface area (Å²) >= 11 is 0. The summed E-state index contributed by atoms with van der Waals surface area (Å²) in [5.74, 6) is 0.277. The Hall–Kier alpha value is -1.71. The van der Waals surface area contributed by atoms with Crippen LogP contribution in [0.15, 0.2) is 23.1 Å². The van der Waals surface area contributed by atoms with Crippen LogP contribution in [0.4, 0.5) is 5.69 Å². The Balaban J connectivity index is 1.97. The second-order valence-electron chi connectivity index (χ2n) is 6.13. The lowest BCUT2D eigenvalue weighted by molar-refractivity contribution is -0.385. The quantitative estimate of drug-likeness (QED) is 0.545. The van der Waals surface area contributed by atoms with E-state index in [9.17, 15) is 18.5 Å². The van der Waals surface area contributed by atoms with Gasteiger partial charge in [-0.2, -0.15) is 4.31 Å². The Kier molecular flexibility index (Phi) is 4.75. The minimum atomic E-state index is -3.88. The highest BCUT2D eigenvalue weighted by Gasteiger charge is 2.41. The number of sulfonamides is 1. The van der Waals surface area contributed by atoms with Crippen LogP contribution < -0.4 is 4.74 Å². The summed E-state index contributed by atoms with van der Waals surface area (Å²) < 4.78 is 38.2. The van der Waals surface area contributed by atoms with E-state index in [0.29, 0.717) is 19.8 Å². The first-order valence-electron chi connectivity index (χ1n) is 7.85. The van der Waals surface area contributed by atoms with E-state index >= 15 is 0 Å². The molecular weight excluding hydrogens is 336 g/mol. The average Bonchev–Trinajstić information content (AvgIpc) is 3.27. The van der Waals surface area contributed by atoms with Gasteiger partial charge in [0, 0.05) is 31.3 Å². The van der Waals surface area contributed by atoms with E-state index in [4.69, 9.17) is 9.47 Å². The maximum Gasteiger partial charge on any atom is 0.271 e. The van der Waals surface area contributed by atoms with Gasteiger partial charge in [-0.3, -0.25) is 10.1 Å². The second-order valence-corrected chi connectivity index (χ2v) is 7.99. The van der Waals surface area contributed by atoms with E-state index in [2.05, 4.69) is 0 Å². The molecule has 1 heterocycles. The molecule has 2 aliphatic rings. The van der Waals surface area contributed by atoms with Crippen molar-refractivity contribution in [2.75, 3.05) is 26.9 Å². The lowest BCUT2D eigenvalue weighted by atomic mass is 10.1. The van der Waals surface area contributed by atoms with Crippen molar-refractivity contribution >= 4 is 15.7 Å². The molecule has 3 rings (SSSR count). The van der Waals surface area contributed by atoms with Crippen LogP contribution in [-0.2, 0) is 14.8 Å². The van der Waals surface area contributed by atoms with Gasteiger partial charge in [0.15, 0.2) is 0 Å². The molecule has 0 spiro atoms.